The van der Waals surface area contributed by atoms with E-state index in [-0.39, 0.29) is 31.2 Å². The minimum atomic E-state index is -0.0877. The number of hydrogen-bond acceptors (Lipinski definition) is 5. The van der Waals surface area contributed by atoms with E-state index in [0.29, 0.717) is 21.4 Å². The van der Waals surface area contributed by atoms with Gasteiger partial charge in [0.2, 0.25) is 0 Å². The zero-order valence-corrected chi connectivity index (χ0v) is 22.0. The topological polar surface area (TPSA) is 65.0 Å². The number of benzene rings is 3. The van der Waals surface area contributed by atoms with Crippen molar-refractivity contribution in [3.63, 3.8) is 0 Å². The van der Waals surface area contributed by atoms with Gasteiger partial charge in [-0.25, -0.2) is 0 Å². The van der Waals surface area contributed by atoms with Gasteiger partial charge in [-0.05, 0) is 54.4 Å². The number of ether oxygens (including phenoxy) is 1. The average molecular weight is 528 g/mol. The van der Waals surface area contributed by atoms with E-state index in [4.69, 9.17) is 33.0 Å². The number of anilines is 1. The summed E-state index contributed by atoms with van der Waals surface area (Å²) >= 11 is 12.9. The minimum Gasteiger partial charge on any atom is -0.491 e. The van der Waals surface area contributed by atoms with Gasteiger partial charge >= 0.3 is 0 Å². The lowest BCUT2D eigenvalue weighted by Gasteiger charge is -2.45. The van der Waals surface area contributed by atoms with Crippen molar-refractivity contribution in [2.24, 2.45) is 0 Å². The Bertz CT molecular complexity index is 1170. The molecule has 0 aliphatic carbocycles. The standard InChI is InChI=1S/C28H31Cl2N3O3/c1-19(20-3-5-22(6-4-20)28(35)31-2)32-13-14-33(27(18-32)21-7-9-23(29)10-8-21)26-12-11-24(17-25(26)30)36-16-15-34/h3-12,17,19,27,34H,13-16,18H2,1-2H3,(H,31,35)/t19-,27+/m1/s1. The lowest BCUT2D eigenvalue weighted by molar-refractivity contribution is 0.0963. The van der Waals surface area contributed by atoms with Crippen LogP contribution in [0.3, 0.4) is 0 Å². The van der Waals surface area contributed by atoms with E-state index in [2.05, 4.69) is 34.2 Å². The van der Waals surface area contributed by atoms with Gasteiger partial charge in [0.1, 0.15) is 12.4 Å². The molecule has 0 aromatic heterocycles. The molecule has 0 radical (unpaired) electrons. The van der Waals surface area contributed by atoms with Gasteiger partial charge in [-0.1, -0.05) is 47.5 Å². The fourth-order valence-corrected chi connectivity index (χ4v) is 5.06. The molecule has 3 aromatic rings. The first-order chi connectivity index (χ1) is 17.4. The highest BCUT2D eigenvalue weighted by Gasteiger charge is 2.32. The van der Waals surface area contributed by atoms with E-state index in [0.717, 1.165) is 36.4 Å². The normalized spacial score (nSPS) is 17.0. The molecule has 2 N–H and O–H groups in total. The molecule has 1 fully saturated rings. The lowest BCUT2D eigenvalue weighted by atomic mass is 9.98. The number of aliphatic hydroxyl groups is 1. The van der Waals surface area contributed by atoms with E-state index in [1.54, 1.807) is 13.1 Å². The van der Waals surface area contributed by atoms with Gasteiger partial charge in [0, 0.05) is 49.4 Å². The van der Waals surface area contributed by atoms with Crippen molar-refractivity contribution in [3.8, 4) is 5.75 Å². The number of hydrogen-bond donors (Lipinski definition) is 2. The Kier molecular flexibility index (Phi) is 8.75. The van der Waals surface area contributed by atoms with Crippen molar-refractivity contribution in [1.82, 2.24) is 10.2 Å². The highest BCUT2D eigenvalue weighted by molar-refractivity contribution is 6.33. The van der Waals surface area contributed by atoms with Crippen LogP contribution in [0.15, 0.2) is 66.7 Å². The summed E-state index contributed by atoms with van der Waals surface area (Å²) in [5.41, 5.74) is 3.91. The molecule has 0 saturated carbocycles. The molecule has 0 unspecified atom stereocenters. The number of piperazine rings is 1. The predicted molar refractivity (Wildman–Crippen MR) is 145 cm³/mol. The van der Waals surface area contributed by atoms with Crippen molar-refractivity contribution in [1.29, 1.82) is 0 Å². The molecule has 1 aliphatic heterocycles. The van der Waals surface area contributed by atoms with Crippen molar-refractivity contribution >= 4 is 34.8 Å². The summed E-state index contributed by atoms with van der Waals surface area (Å²) in [6, 6.07) is 21.7. The Labute approximate surface area is 222 Å². The Balaban J connectivity index is 1.59. The molecular weight excluding hydrogens is 497 g/mol. The molecule has 0 bridgehead atoms. The van der Waals surface area contributed by atoms with E-state index in [1.807, 2.05) is 48.5 Å². The number of halogens is 2. The lowest BCUT2D eigenvalue weighted by Crippen LogP contribution is -2.49. The highest BCUT2D eigenvalue weighted by Crippen LogP contribution is 2.39. The monoisotopic (exact) mass is 527 g/mol. The van der Waals surface area contributed by atoms with E-state index in [1.165, 1.54) is 0 Å². The van der Waals surface area contributed by atoms with Crippen LogP contribution in [0.1, 0.15) is 40.5 Å². The van der Waals surface area contributed by atoms with Gasteiger partial charge in [0.05, 0.1) is 23.4 Å². The molecule has 1 aliphatic rings. The van der Waals surface area contributed by atoms with Crippen molar-refractivity contribution in [2.45, 2.75) is 19.0 Å². The van der Waals surface area contributed by atoms with Crippen LogP contribution >= 0.6 is 23.2 Å². The summed E-state index contributed by atoms with van der Waals surface area (Å²) in [6.45, 7) is 4.80. The van der Waals surface area contributed by atoms with Crippen molar-refractivity contribution in [3.05, 3.63) is 93.5 Å². The third-order valence-electron chi connectivity index (χ3n) is 6.69. The second-order valence-electron chi connectivity index (χ2n) is 8.82. The van der Waals surface area contributed by atoms with Crippen LogP contribution in [-0.4, -0.2) is 55.8 Å². The Morgan fingerprint density at radius 2 is 1.81 bits per heavy atom. The van der Waals surface area contributed by atoms with Crippen LogP contribution in [-0.2, 0) is 0 Å². The molecule has 1 heterocycles. The zero-order valence-electron chi connectivity index (χ0n) is 20.5. The van der Waals surface area contributed by atoms with Crippen LogP contribution in [0.5, 0.6) is 5.75 Å². The quantitative estimate of drug-likeness (QED) is 0.413. The first kappa shape index (κ1) is 26.3. The van der Waals surface area contributed by atoms with Gasteiger partial charge in [-0.15, -0.1) is 0 Å². The molecular formula is C28H31Cl2N3O3. The van der Waals surface area contributed by atoms with Crippen LogP contribution in [0.2, 0.25) is 10.0 Å². The first-order valence-corrected chi connectivity index (χ1v) is 12.8. The number of nitrogens with one attached hydrogen (secondary N) is 1. The fourth-order valence-electron chi connectivity index (χ4n) is 4.66. The summed E-state index contributed by atoms with van der Waals surface area (Å²) in [6.07, 6.45) is 0. The third-order valence-corrected chi connectivity index (χ3v) is 7.24. The number of amides is 1. The number of nitrogens with zero attached hydrogens (tertiary/aromatic N) is 2. The van der Waals surface area contributed by atoms with Gasteiger partial charge < -0.3 is 20.1 Å². The van der Waals surface area contributed by atoms with Gasteiger partial charge in [0.25, 0.3) is 5.91 Å². The molecule has 3 aromatic carbocycles. The molecule has 36 heavy (non-hydrogen) atoms. The number of aliphatic hydroxyl groups excluding tert-OH is 1. The summed E-state index contributed by atoms with van der Waals surface area (Å²) < 4.78 is 5.53. The molecule has 190 valence electrons. The Morgan fingerprint density at radius 3 is 2.44 bits per heavy atom. The highest BCUT2D eigenvalue weighted by atomic mass is 35.5. The van der Waals surface area contributed by atoms with E-state index < -0.39 is 0 Å². The summed E-state index contributed by atoms with van der Waals surface area (Å²) in [7, 11) is 1.64. The van der Waals surface area contributed by atoms with Crippen LogP contribution < -0.4 is 15.0 Å². The second-order valence-corrected chi connectivity index (χ2v) is 9.66. The van der Waals surface area contributed by atoms with E-state index >= 15 is 0 Å². The largest absolute Gasteiger partial charge is 0.491 e. The Morgan fingerprint density at radius 1 is 1.08 bits per heavy atom. The van der Waals surface area contributed by atoms with Crippen LogP contribution in [0, 0.1) is 0 Å². The molecule has 8 heteroatoms. The first-order valence-electron chi connectivity index (χ1n) is 12.0. The predicted octanol–water partition coefficient (Wildman–Crippen LogP) is 5.35. The average Bonchev–Trinajstić information content (AvgIpc) is 2.91. The molecule has 1 saturated heterocycles. The maximum absolute atomic E-state index is 11.9. The fraction of sp³-hybridized carbons (Fsp3) is 0.321. The van der Waals surface area contributed by atoms with Crippen LogP contribution in [0.4, 0.5) is 5.69 Å². The van der Waals surface area contributed by atoms with Gasteiger partial charge in [-0.2, -0.15) is 0 Å². The van der Waals surface area contributed by atoms with Gasteiger partial charge in [-0.3, -0.25) is 9.69 Å². The Hall–Kier alpha value is -2.77. The zero-order chi connectivity index (χ0) is 25.7. The molecule has 2 atom stereocenters. The summed E-state index contributed by atoms with van der Waals surface area (Å²) in [4.78, 5) is 16.7. The number of carbonyl (C=O) groups excluding carboxylic acids is 1. The van der Waals surface area contributed by atoms with Gasteiger partial charge in [0.15, 0.2) is 0 Å². The minimum absolute atomic E-state index is 0.0489. The molecule has 4 rings (SSSR count). The van der Waals surface area contributed by atoms with Crippen LogP contribution in [0.25, 0.3) is 0 Å². The molecule has 1 amide bonds. The smallest absolute Gasteiger partial charge is 0.251 e. The SMILES string of the molecule is CNC(=O)c1ccc([C@@H](C)N2CCN(c3ccc(OCCO)cc3Cl)[C@H](c3ccc(Cl)cc3)C2)cc1. The third kappa shape index (κ3) is 5.95. The maximum atomic E-state index is 11.9. The van der Waals surface area contributed by atoms with E-state index in [9.17, 15) is 4.79 Å². The maximum Gasteiger partial charge on any atom is 0.251 e. The molecule has 0 spiro atoms. The number of rotatable bonds is 8. The molecule has 6 nitrogen and oxygen atoms in total. The number of carbonyl (C=O) groups is 1. The van der Waals surface area contributed by atoms with Crippen molar-refractivity contribution in [2.75, 3.05) is 44.8 Å². The second kappa shape index (κ2) is 12.0. The summed E-state index contributed by atoms with van der Waals surface area (Å²) in [5.74, 6) is 0.545. The van der Waals surface area contributed by atoms with Crippen molar-refractivity contribution < 1.29 is 14.6 Å². The summed E-state index contributed by atoms with van der Waals surface area (Å²) in [5, 5.41) is 13.0.